The Bertz CT molecular complexity index is 159. The van der Waals surface area contributed by atoms with E-state index in [4.69, 9.17) is 9.26 Å². The molecule has 0 radical (unpaired) electrons. The molecule has 76 valence electrons. The van der Waals surface area contributed by atoms with Gasteiger partial charge in [0.2, 0.25) is 0 Å². The first-order valence-electron chi connectivity index (χ1n) is 3.82. The van der Waals surface area contributed by atoms with Crippen LogP contribution in [0.2, 0.25) is 0 Å². The second-order valence-corrected chi connectivity index (χ2v) is 8.39. The predicted molar refractivity (Wildman–Crippen MR) is 64.3 cm³/mol. The van der Waals surface area contributed by atoms with E-state index in [9.17, 15) is 4.57 Å². The second kappa shape index (κ2) is 11.0. The molecule has 1 unspecified atom stereocenters. The van der Waals surface area contributed by atoms with Crippen LogP contribution < -0.4 is 0 Å². The van der Waals surface area contributed by atoms with Gasteiger partial charge in [0.1, 0.15) is 0 Å². The van der Waals surface area contributed by atoms with Crippen molar-refractivity contribution in [3.63, 3.8) is 0 Å². The van der Waals surface area contributed by atoms with Crippen molar-refractivity contribution in [2.24, 2.45) is 0 Å². The summed E-state index contributed by atoms with van der Waals surface area (Å²) >= 11 is 5.13. The van der Waals surface area contributed by atoms with Crippen LogP contribution >= 0.6 is 29.4 Å². The minimum absolute atomic E-state index is 0. The van der Waals surface area contributed by atoms with E-state index >= 15 is 0 Å². The topological polar surface area (TPSA) is 35.5 Å². The average Bonchev–Trinajstić information content (AvgIpc) is 1.98. The number of hydrogen-bond donors (Lipinski definition) is 1. The Labute approximate surface area is 132 Å². The fourth-order valence-corrected chi connectivity index (χ4v) is 3.92. The normalized spacial score (nSPS) is 14.7. The van der Waals surface area contributed by atoms with E-state index in [1.807, 2.05) is 6.92 Å². The molecule has 0 N–H and O–H groups in total. The van der Waals surface area contributed by atoms with Gasteiger partial charge in [-0.15, -0.1) is 0 Å². The molecule has 0 aliphatic heterocycles. The molecule has 0 spiro atoms. The third-order valence-electron chi connectivity index (χ3n) is 0.978. The molecule has 0 saturated carbocycles. The first-order chi connectivity index (χ1) is 5.62. The fraction of sp³-hybridized carbons (Fsp3) is 1.00. The van der Waals surface area contributed by atoms with Crippen LogP contribution in [0.5, 0.6) is 0 Å². The minimum atomic E-state index is -2.70. The Morgan fingerprint density at radius 3 is 2.46 bits per heavy atom. The first-order valence-corrected chi connectivity index (χ1v) is 8.18. The van der Waals surface area contributed by atoms with Crippen LogP contribution in [0.1, 0.15) is 13.8 Å². The fourth-order valence-electron chi connectivity index (χ4n) is 0.556. The van der Waals surface area contributed by atoms with Gasteiger partial charge in [0.05, 0.1) is 13.2 Å². The molecular weight excluding hydrogens is 254 g/mol. The SMILES string of the molecule is CCOCCSP(=O)(S)OCC.[KH]. The zero-order valence-corrected chi connectivity index (χ0v) is 9.96. The third kappa shape index (κ3) is 12.4. The summed E-state index contributed by atoms with van der Waals surface area (Å²) in [7, 11) is 0. The molecule has 3 nitrogen and oxygen atoms in total. The van der Waals surface area contributed by atoms with E-state index in [-0.39, 0.29) is 51.4 Å². The van der Waals surface area contributed by atoms with Crippen LogP contribution in [-0.2, 0) is 13.8 Å². The van der Waals surface area contributed by atoms with E-state index in [0.29, 0.717) is 25.6 Å². The molecular formula is C6H16KO3PS2. The van der Waals surface area contributed by atoms with E-state index in [1.165, 1.54) is 11.4 Å². The average molecular weight is 270 g/mol. The van der Waals surface area contributed by atoms with Crippen LogP contribution in [0.25, 0.3) is 0 Å². The molecule has 0 saturated heterocycles. The van der Waals surface area contributed by atoms with E-state index in [1.54, 1.807) is 6.92 Å². The summed E-state index contributed by atoms with van der Waals surface area (Å²) in [5, 5.41) is 0. The Kier molecular flexibility index (Phi) is 15.1. The van der Waals surface area contributed by atoms with Gasteiger partial charge in [0.25, 0.3) is 0 Å². The standard InChI is InChI=1S/C6H15O3PS2.K.H/c1-3-8-5-6-12-10(7,11)9-4-2;;/h3-6H2,1-2H3,(H,7,11);;. The molecule has 0 aromatic heterocycles. The molecule has 0 fully saturated rings. The summed E-state index contributed by atoms with van der Waals surface area (Å²) in [6.45, 7) is 5.44. The van der Waals surface area contributed by atoms with Crippen LogP contribution in [0, 0.1) is 0 Å². The molecule has 1 atom stereocenters. The molecule has 0 aliphatic rings. The molecule has 0 aromatic rings. The van der Waals surface area contributed by atoms with Gasteiger partial charge in [-0.05, 0) is 13.8 Å². The molecule has 0 rings (SSSR count). The van der Waals surface area contributed by atoms with Gasteiger partial charge in [-0.2, -0.15) is 0 Å². The zero-order chi connectivity index (χ0) is 9.45. The van der Waals surface area contributed by atoms with Crippen molar-refractivity contribution >= 4 is 80.8 Å². The summed E-state index contributed by atoms with van der Waals surface area (Å²) in [6, 6.07) is 0. The van der Waals surface area contributed by atoms with E-state index in [2.05, 4.69) is 12.2 Å². The van der Waals surface area contributed by atoms with Crippen LogP contribution in [0.3, 0.4) is 0 Å². The van der Waals surface area contributed by atoms with Crippen molar-refractivity contribution in [2.75, 3.05) is 25.6 Å². The third-order valence-corrected chi connectivity index (χ3v) is 5.47. The molecule has 0 heterocycles. The van der Waals surface area contributed by atoms with Gasteiger partial charge >= 0.3 is 57.2 Å². The number of hydrogen-bond acceptors (Lipinski definition) is 4. The molecule has 0 aliphatic carbocycles. The summed E-state index contributed by atoms with van der Waals surface area (Å²) in [4.78, 5) is 0. The molecule has 0 amide bonds. The monoisotopic (exact) mass is 270 g/mol. The summed E-state index contributed by atoms with van der Waals surface area (Å²) in [5.74, 6) is -2.04. The number of thiol groups is 1. The maximum atomic E-state index is 11.3. The Morgan fingerprint density at radius 1 is 1.38 bits per heavy atom. The van der Waals surface area contributed by atoms with Gasteiger partial charge in [0.15, 0.2) is 0 Å². The molecule has 13 heavy (non-hydrogen) atoms. The Morgan fingerprint density at radius 2 is 2.00 bits per heavy atom. The van der Waals surface area contributed by atoms with E-state index < -0.39 is 5.77 Å². The van der Waals surface area contributed by atoms with Gasteiger partial charge < -0.3 is 9.26 Å². The van der Waals surface area contributed by atoms with Gasteiger partial charge in [-0.25, -0.2) is 0 Å². The zero-order valence-electron chi connectivity index (χ0n) is 7.36. The first kappa shape index (κ1) is 17.9. The van der Waals surface area contributed by atoms with Crippen molar-refractivity contribution in [1.82, 2.24) is 0 Å². The van der Waals surface area contributed by atoms with Crippen LogP contribution in [0.4, 0.5) is 0 Å². The van der Waals surface area contributed by atoms with Crippen LogP contribution in [-0.4, -0.2) is 77.0 Å². The van der Waals surface area contributed by atoms with Crippen molar-refractivity contribution in [3.05, 3.63) is 0 Å². The Hall–Kier alpha value is 2.49. The molecule has 0 bridgehead atoms. The Balaban J connectivity index is 0. The van der Waals surface area contributed by atoms with E-state index in [0.717, 1.165) is 0 Å². The van der Waals surface area contributed by atoms with Crippen molar-refractivity contribution in [1.29, 1.82) is 0 Å². The number of rotatable bonds is 7. The predicted octanol–water partition coefficient (Wildman–Crippen LogP) is 2.18. The van der Waals surface area contributed by atoms with Crippen molar-refractivity contribution in [3.8, 4) is 0 Å². The second-order valence-electron chi connectivity index (χ2n) is 1.92. The molecule has 7 heteroatoms. The van der Waals surface area contributed by atoms with Crippen molar-refractivity contribution in [2.45, 2.75) is 13.8 Å². The van der Waals surface area contributed by atoms with Crippen LogP contribution in [0.15, 0.2) is 0 Å². The van der Waals surface area contributed by atoms with Crippen molar-refractivity contribution < 1.29 is 13.8 Å². The molecule has 0 aromatic carbocycles. The summed E-state index contributed by atoms with van der Waals surface area (Å²) < 4.78 is 21.3. The summed E-state index contributed by atoms with van der Waals surface area (Å²) in [5.41, 5.74) is 0. The number of ether oxygens (including phenoxy) is 1. The van der Waals surface area contributed by atoms with Gasteiger partial charge in [-0.1, -0.05) is 23.6 Å². The summed E-state index contributed by atoms with van der Waals surface area (Å²) in [6.07, 6.45) is 0. The maximum absolute atomic E-state index is 11.3. The quantitative estimate of drug-likeness (QED) is 0.333. The van der Waals surface area contributed by atoms with Gasteiger partial charge in [-0.3, -0.25) is 4.57 Å². The van der Waals surface area contributed by atoms with Gasteiger partial charge in [0, 0.05) is 12.4 Å².